The van der Waals surface area contributed by atoms with Crippen LogP contribution >= 0.6 is 0 Å². The number of nitrogens with two attached hydrogens (primary N) is 1. The standard InChI is InChI=1S/C18H15F2N5O2/c19-10-1-3-13(12(20)7-10)25-18-16(21)17(22-9-23-18)24-11-2-4-14-15(8-11)27-6-5-26-14/h1-4,7-9H,5-6,21H2,(H2,22,23,24,25). The smallest absolute Gasteiger partial charge is 0.163 e. The molecule has 7 nitrogen and oxygen atoms in total. The van der Waals surface area contributed by atoms with Crippen molar-refractivity contribution in [2.24, 2.45) is 0 Å². The van der Waals surface area contributed by atoms with Gasteiger partial charge in [0.1, 0.15) is 36.9 Å². The fourth-order valence-corrected chi connectivity index (χ4v) is 2.57. The Morgan fingerprint density at radius 3 is 2.41 bits per heavy atom. The maximum atomic E-state index is 13.8. The van der Waals surface area contributed by atoms with Crippen LogP contribution in [0.3, 0.4) is 0 Å². The number of anilines is 5. The molecule has 0 amide bonds. The molecule has 27 heavy (non-hydrogen) atoms. The zero-order valence-corrected chi connectivity index (χ0v) is 14.0. The number of hydrogen-bond donors (Lipinski definition) is 3. The Bertz CT molecular complexity index is 999. The average Bonchev–Trinajstić information content (AvgIpc) is 2.67. The van der Waals surface area contributed by atoms with E-state index in [2.05, 4.69) is 20.6 Å². The highest BCUT2D eigenvalue weighted by Crippen LogP contribution is 2.35. The van der Waals surface area contributed by atoms with Crippen molar-refractivity contribution in [1.82, 2.24) is 9.97 Å². The third-order valence-electron chi connectivity index (χ3n) is 3.87. The molecule has 0 unspecified atom stereocenters. The summed E-state index contributed by atoms with van der Waals surface area (Å²) in [6.07, 6.45) is 1.28. The lowest BCUT2D eigenvalue weighted by atomic mass is 10.2. The number of nitrogen functional groups attached to an aromatic ring is 1. The van der Waals surface area contributed by atoms with Crippen molar-refractivity contribution >= 4 is 28.7 Å². The van der Waals surface area contributed by atoms with Crippen molar-refractivity contribution in [1.29, 1.82) is 0 Å². The van der Waals surface area contributed by atoms with Gasteiger partial charge in [-0.15, -0.1) is 0 Å². The number of benzene rings is 2. The van der Waals surface area contributed by atoms with Crippen LogP contribution in [0, 0.1) is 11.6 Å². The van der Waals surface area contributed by atoms with Crippen molar-refractivity contribution in [3.63, 3.8) is 0 Å². The summed E-state index contributed by atoms with van der Waals surface area (Å²) < 4.78 is 37.9. The van der Waals surface area contributed by atoms with Gasteiger partial charge in [0.15, 0.2) is 23.1 Å². The van der Waals surface area contributed by atoms with Crippen LogP contribution in [0.2, 0.25) is 0 Å². The zero-order chi connectivity index (χ0) is 18.8. The molecule has 1 aromatic heterocycles. The maximum absolute atomic E-state index is 13.8. The molecule has 1 aliphatic heterocycles. The number of aromatic nitrogens is 2. The van der Waals surface area contributed by atoms with Crippen LogP contribution in [0.25, 0.3) is 0 Å². The van der Waals surface area contributed by atoms with Crippen LogP contribution < -0.4 is 25.8 Å². The van der Waals surface area contributed by atoms with E-state index in [1.54, 1.807) is 18.2 Å². The number of nitrogens with one attached hydrogen (secondary N) is 2. The fraction of sp³-hybridized carbons (Fsp3) is 0.111. The Labute approximate surface area is 153 Å². The van der Waals surface area contributed by atoms with Crippen LogP contribution in [0.15, 0.2) is 42.7 Å². The van der Waals surface area contributed by atoms with E-state index in [-0.39, 0.29) is 17.2 Å². The number of fused-ring (bicyclic) bond motifs is 1. The first-order valence-electron chi connectivity index (χ1n) is 8.09. The van der Waals surface area contributed by atoms with Crippen LogP contribution in [-0.2, 0) is 0 Å². The molecular weight excluding hydrogens is 356 g/mol. The van der Waals surface area contributed by atoms with Crippen LogP contribution in [0.4, 0.5) is 37.5 Å². The summed E-state index contributed by atoms with van der Waals surface area (Å²) in [6, 6.07) is 8.51. The fourth-order valence-electron chi connectivity index (χ4n) is 2.57. The van der Waals surface area contributed by atoms with Gasteiger partial charge in [-0.2, -0.15) is 0 Å². The van der Waals surface area contributed by atoms with Gasteiger partial charge >= 0.3 is 0 Å². The highest BCUT2D eigenvalue weighted by Gasteiger charge is 2.14. The van der Waals surface area contributed by atoms with Crippen molar-refractivity contribution < 1.29 is 18.3 Å². The van der Waals surface area contributed by atoms with E-state index in [9.17, 15) is 8.78 Å². The number of ether oxygens (including phenoxy) is 2. The summed E-state index contributed by atoms with van der Waals surface area (Å²) >= 11 is 0. The number of nitrogens with zero attached hydrogens (tertiary/aromatic N) is 2. The van der Waals surface area contributed by atoms with E-state index < -0.39 is 11.6 Å². The van der Waals surface area contributed by atoms with Crippen molar-refractivity contribution in [2.75, 3.05) is 29.6 Å². The molecule has 0 atom stereocenters. The first-order chi connectivity index (χ1) is 13.1. The molecule has 0 aliphatic carbocycles. The normalized spacial score (nSPS) is 12.5. The largest absolute Gasteiger partial charge is 0.486 e. The summed E-state index contributed by atoms with van der Waals surface area (Å²) in [5.74, 6) is 0.369. The summed E-state index contributed by atoms with van der Waals surface area (Å²) in [5, 5.41) is 5.81. The van der Waals surface area contributed by atoms with Crippen molar-refractivity contribution in [2.45, 2.75) is 0 Å². The van der Waals surface area contributed by atoms with Crippen LogP contribution in [-0.4, -0.2) is 23.2 Å². The van der Waals surface area contributed by atoms with Crippen molar-refractivity contribution in [3.05, 3.63) is 54.4 Å². The zero-order valence-electron chi connectivity index (χ0n) is 14.0. The predicted molar refractivity (Wildman–Crippen MR) is 96.8 cm³/mol. The van der Waals surface area contributed by atoms with Gasteiger partial charge in [0.25, 0.3) is 0 Å². The summed E-state index contributed by atoms with van der Waals surface area (Å²) in [5.41, 5.74) is 7.00. The lowest BCUT2D eigenvalue weighted by Gasteiger charge is -2.19. The SMILES string of the molecule is Nc1c(Nc2ccc3c(c2)OCCO3)ncnc1Nc1ccc(F)cc1F. The Hall–Kier alpha value is -3.62. The summed E-state index contributed by atoms with van der Waals surface area (Å²) in [4.78, 5) is 8.13. The van der Waals surface area contributed by atoms with E-state index in [0.29, 0.717) is 36.2 Å². The predicted octanol–water partition coefficient (Wildman–Crippen LogP) is 3.60. The second kappa shape index (κ2) is 6.94. The molecule has 0 saturated heterocycles. The highest BCUT2D eigenvalue weighted by molar-refractivity contribution is 5.80. The molecule has 0 radical (unpaired) electrons. The Balaban J connectivity index is 1.58. The number of halogens is 2. The first kappa shape index (κ1) is 16.8. The van der Waals surface area contributed by atoms with Gasteiger partial charge in [0.05, 0.1) is 5.69 Å². The van der Waals surface area contributed by atoms with E-state index in [1.807, 2.05) is 0 Å². The van der Waals surface area contributed by atoms with Gasteiger partial charge in [-0.3, -0.25) is 0 Å². The summed E-state index contributed by atoms with van der Waals surface area (Å²) in [7, 11) is 0. The van der Waals surface area contributed by atoms with Crippen molar-refractivity contribution in [3.8, 4) is 11.5 Å². The van der Waals surface area contributed by atoms with Crippen LogP contribution in [0.5, 0.6) is 11.5 Å². The molecule has 138 valence electrons. The summed E-state index contributed by atoms with van der Waals surface area (Å²) in [6.45, 7) is 0.983. The second-order valence-corrected chi connectivity index (χ2v) is 5.72. The third-order valence-corrected chi connectivity index (χ3v) is 3.87. The van der Waals surface area contributed by atoms with E-state index in [0.717, 1.165) is 12.1 Å². The van der Waals surface area contributed by atoms with Gasteiger partial charge < -0.3 is 25.8 Å². The van der Waals surface area contributed by atoms with E-state index in [1.165, 1.54) is 12.4 Å². The van der Waals surface area contributed by atoms with E-state index in [4.69, 9.17) is 15.2 Å². The molecule has 1 aliphatic rings. The van der Waals surface area contributed by atoms with E-state index >= 15 is 0 Å². The lowest BCUT2D eigenvalue weighted by molar-refractivity contribution is 0.171. The number of hydrogen-bond acceptors (Lipinski definition) is 7. The molecule has 0 bridgehead atoms. The van der Waals surface area contributed by atoms with Gasteiger partial charge in [-0.25, -0.2) is 18.7 Å². The maximum Gasteiger partial charge on any atom is 0.163 e. The quantitative estimate of drug-likeness (QED) is 0.645. The molecular formula is C18H15F2N5O2. The Morgan fingerprint density at radius 1 is 0.889 bits per heavy atom. The second-order valence-electron chi connectivity index (χ2n) is 5.72. The third kappa shape index (κ3) is 3.52. The molecule has 3 aromatic rings. The molecule has 4 N–H and O–H groups in total. The molecule has 0 spiro atoms. The molecule has 4 rings (SSSR count). The minimum absolute atomic E-state index is 0.0482. The lowest BCUT2D eigenvalue weighted by Crippen LogP contribution is -2.15. The first-order valence-corrected chi connectivity index (χ1v) is 8.09. The van der Waals surface area contributed by atoms with Gasteiger partial charge in [0, 0.05) is 17.8 Å². The highest BCUT2D eigenvalue weighted by atomic mass is 19.1. The van der Waals surface area contributed by atoms with Gasteiger partial charge in [-0.1, -0.05) is 0 Å². The number of rotatable bonds is 4. The van der Waals surface area contributed by atoms with Gasteiger partial charge in [-0.05, 0) is 24.3 Å². The minimum Gasteiger partial charge on any atom is -0.486 e. The monoisotopic (exact) mass is 371 g/mol. The molecule has 2 aromatic carbocycles. The topological polar surface area (TPSA) is 94.3 Å². The molecule has 0 fully saturated rings. The molecule has 2 heterocycles. The average molecular weight is 371 g/mol. The van der Waals surface area contributed by atoms with Crippen LogP contribution in [0.1, 0.15) is 0 Å². The van der Waals surface area contributed by atoms with Gasteiger partial charge in [0.2, 0.25) is 0 Å². The molecule has 0 saturated carbocycles. The Morgan fingerprint density at radius 2 is 1.63 bits per heavy atom. The Kier molecular flexibility index (Phi) is 4.33. The minimum atomic E-state index is -0.755. The molecule has 9 heteroatoms.